The van der Waals surface area contributed by atoms with Crippen molar-refractivity contribution in [1.82, 2.24) is 0 Å². The van der Waals surface area contributed by atoms with Crippen molar-refractivity contribution in [1.29, 1.82) is 0 Å². The lowest BCUT2D eigenvalue weighted by molar-refractivity contribution is -0.966. The molecule has 0 amide bonds. The Hall–Kier alpha value is -4.20. The van der Waals surface area contributed by atoms with Crippen LogP contribution in [0.25, 0.3) is 43.8 Å². The summed E-state index contributed by atoms with van der Waals surface area (Å²) in [6, 6.07) is 45.1. The molecule has 0 saturated carbocycles. The molecule has 0 atom stereocenters. The Labute approximate surface area is 217 Å². The molecule has 0 N–H and O–H groups in total. The van der Waals surface area contributed by atoms with E-state index in [0.717, 1.165) is 30.7 Å². The molecule has 0 unspecified atom stereocenters. The molecular weight excluding hydrogens is 446 g/mol. The highest BCUT2D eigenvalue weighted by Crippen LogP contribution is 2.45. The third-order valence-corrected chi connectivity index (χ3v) is 8.67. The first-order valence-corrected chi connectivity index (χ1v) is 13.3. The minimum atomic E-state index is 1.10. The van der Waals surface area contributed by atoms with Crippen LogP contribution in [0.1, 0.15) is 22.3 Å². The van der Waals surface area contributed by atoms with Gasteiger partial charge in [-0.1, -0.05) is 109 Å². The van der Waals surface area contributed by atoms with Crippen molar-refractivity contribution in [2.45, 2.75) is 26.2 Å². The summed E-state index contributed by atoms with van der Waals surface area (Å²) >= 11 is 0. The number of rotatable bonds is 2. The van der Waals surface area contributed by atoms with Gasteiger partial charge in [0, 0.05) is 22.3 Å². The maximum atomic E-state index is 2.37. The number of hydrogen-bond donors (Lipinski definition) is 0. The lowest BCUT2D eigenvalue weighted by Gasteiger charge is -2.29. The molecule has 2 aliphatic rings. The Kier molecular flexibility index (Phi) is 4.47. The van der Waals surface area contributed by atoms with Gasteiger partial charge in [0.1, 0.15) is 26.2 Å². The average Bonchev–Trinajstić information content (AvgIpc) is 3.50. The van der Waals surface area contributed by atoms with Crippen molar-refractivity contribution in [3.63, 3.8) is 0 Å². The van der Waals surface area contributed by atoms with E-state index in [1.807, 2.05) is 0 Å². The smallest absolute Gasteiger partial charge is 0.106 e. The Balaban J connectivity index is 1.17. The highest BCUT2D eigenvalue weighted by molar-refractivity contribution is 5.89. The van der Waals surface area contributed by atoms with Crippen molar-refractivity contribution in [3.05, 3.63) is 144 Å². The highest BCUT2D eigenvalue weighted by atomic mass is 15.4. The van der Waals surface area contributed by atoms with Gasteiger partial charge in [-0.05, 0) is 55.9 Å². The van der Waals surface area contributed by atoms with E-state index in [1.54, 1.807) is 0 Å². The molecule has 6 aromatic rings. The predicted octanol–water partition coefficient (Wildman–Crippen LogP) is 8.87. The Morgan fingerprint density at radius 3 is 1.32 bits per heavy atom. The van der Waals surface area contributed by atoms with Gasteiger partial charge in [0.2, 0.25) is 0 Å². The molecule has 1 heteroatoms. The van der Waals surface area contributed by atoms with E-state index in [-0.39, 0.29) is 0 Å². The normalized spacial score (nSPS) is 15.4. The Morgan fingerprint density at radius 1 is 0.378 bits per heavy atom. The Morgan fingerprint density at radius 2 is 0.838 bits per heavy atom. The molecule has 0 aliphatic carbocycles. The van der Waals surface area contributed by atoms with Gasteiger partial charge in [-0.15, -0.1) is 0 Å². The minimum absolute atomic E-state index is 1.10. The molecule has 0 saturated heterocycles. The number of hydrogen-bond acceptors (Lipinski definition) is 0. The second-order valence-electron chi connectivity index (χ2n) is 11.0. The van der Waals surface area contributed by atoms with Crippen LogP contribution >= 0.6 is 0 Å². The molecular formula is C36H28N+. The van der Waals surface area contributed by atoms with Crippen LogP contribution in [0.4, 0.5) is 0 Å². The van der Waals surface area contributed by atoms with Gasteiger partial charge in [-0.25, -0.2) is 0 Å². The monoisotopic (exact) mass is 474 g/mol. The molecule has 8 rings (SSSR count). The number of fused-ring (bicyclic) bond motifs is 4. The van der Waals surface area contributed by atoms with E-state index in [2.05, 4.69) is 121 Å². The summed E-state index contributed by atoms with van der Waals surface area (Å²) in [6.07, 6.45) is 0. The summed E-state index contributed by atoms with van der Waals surface area (Å²) in [6.45, 7) is 4.43. The molecule has 1 spiro atoms. The minimum Gasteiger partial charge on any atom is -0.309 e. The van der Waals surface area contributed by atoms with E-state index in [1.165, 1.54) is 66.1 Å². The van der Waals surface area contributed by atoms with Gasteiger partial charge in [0.05, 0.1) is 0 Å². The Bertz CT molecular complexity index is 1710. The first-order chi connectivity index (χ1) is 18.2. The standard InChI is InChI=1S/C36H28N/c1-3-9-27-19-29(17-15-25(27)7-1)33-13-5-11-31-21-37(23-35(31)33)22-32-12-6-14-34(36(32)24-37)30-18-16-26-8-2-4-10-28(26)20-30/h1-20H,21-24H2/q+1. The van der Waals surface area contributed by atoms with Crippen LogP contribution in [0.5, 0.6) is 0 Å². The third kappa shape index (κ3) is 3.35. The molecule has 1 nitrogen and oxygen atoms in total. The van der Waals surface area contributed by atoms with Gasteiger partial charge in [-0.2, -0.15) is 0 Å². The van der Waals surface area contributed by atoms with Gasteiger partial charge in [-0.3, -0.25) is 0 Å². The molecule has 176 valence electrons. The number of quaternary nitrogens is 1. The third-order valence-electron chi connectivity index (χ3n) is 8.67. The molecule has 0 aromatic heterocycles. The van der Waals surface area contributed by atoms with Gasteiger partial charge >= 0.3 is 0 Å². The van der Waals surface area contributed by atoms with Crippen molar-refractivity contribution < 1.29 is 4.48 Å². The fourth-order valence-corrected chi connectivity index (χ4v) is 6.92. The zero-order valence-corrected chi connectivity index (χ0v) is 20.8. The molecule has 0 bridgehead atoms. The van der Waals surface area contributed by atoms with Crippen molar-refractivity contribution in [2.75, 3.05) is 0 Å². The molecule has 0 fully saturated rings. The lowest BCUT2D eigenvalue weighted by Crippen LogP contribution is -2.36. The quantitative estimate of drug-likeness (QED) is 0.220. The largest absolute Gasteiger partial charge is 0.309 e. The topological polar surface area (TPSA) is 0 Å². The van der Waals surface area contributed by atoms with Gasteiger partial charge < -0.3 is 4.48 Å². The van der Waals surface area contributed by atoms with E-state index in [9.17, 15) is 0 Å². The molecule has 6 aromatic carbocycles. The second-order valence-corrected chi connectivity index (χ2v) is 11.0. The molecule has 0 radical (unpaired) electrons. The van der Waals surface area contributed by atoms with Crippen molar-refractivity contribution in [2.24, 2.45) is 0 Å². The molecule has 2 aliphatic heterocycles. The number of benzene rings is 6. The zero-order chi connectivity index (χ0) is 24.4. The van der Waals surface area contributed by atoms with Crippen LogP contribution in [0.2, 0.25) is 0 Å². The summed E-state index contributed by atoms with van der Waals surface area (Å²) in [4.78, 5) is 0. The fraction of sp³-hybridized carbons (Fsp3) is 0.111. The maximum absolute atomic E-state index is 2.37. The maximum Gasteiger partial charge on any atom is 0.106 e. The summed E-state index contributed by atoms with van der Waals surface area (Å²) in [7, 11) is 0. The summed E-state index contributed by atoms with van der Waals surface area (Å²) in [5.74, 6) is 0. The van der Waals surface area contributed by atoms with Crippen molar-refractivity contribution >= 4 is 21.5 Å². The molecule has 37 heavy (non-hydrogen) atoms. The van der Waals surface area contributed by atoms with E-state index in [0.29, 0.717) is 0 Å². The first-order valence-electron chi connectivity index (χ1n) is 13.3. The van der Waals surface area contributed by atoms with Crippen LogP contribution in [0.15, 0.2) is 121 Å². The van der Waals surface area contributed by atoms with Gasteiger partial charge in [0.25, 0.3) is 0 Å². The van der Waals surface area contributed by atoms with E-state index < -0.39 is 0 Å². The van der Waals surface area contributed by atoms with E-state index in [4.69, 9.17) is 0 Å². The fourth-order valence-electron chi connectivity index (χ4n) is 6.92. The zero-order valence-electron chi connectivity index (χ0n) is 20.8. The van der Waals surface area contributed by atoms with E-state index >= 15 is 0 Å². The van der Waals surface area contributed by atoms with Crippen LogP contribution in [0.3, 0.4) is 0 Å². The van der Waals surface area contributed by atoms with Crippen LogP contribution < -0.4 is 0 Å². The van der Waals surface area contributed by atoms with Crippen LogP contribution in [-0.4, -0.2) is 4.48 Å². The molecule has 2 heterocycles. The summed E-state index contributed by atoms with van der Waals surface area (Å²) in [5.41, 5.74) is 11.6. The second kappa shape index (κ2) is 7.90. The van der Waals surface area contributed by atoms with Crippen LogP contribution in [0, 0.1) is 0 Å². The van der Waals surface area contributed by atoms with Crippen molar-refractivity contribution in [3.8, 4) is 22.3 Å². The SMILES string of the molecule is c1cc2c(c(-c3ccc4ccccc4c3)c1)C[N+]1(C2)Cc2cccc(-c3ccc4ccccc4c3)c2C1. The lowest BCUT2D eigenvalue weighted by atomic mass is 9.95. The predicted molar refractivity (Wildman–Crippen MR) is 154 cm³/mol. The first kappa shape index (κ1) is 20.9. The summed E-state index contributed by atoms with van der Waals surface area (Å²) < 4.78 is 1.11. The van der Waals surface area contributed by atoms with Gasteiger partial charge in [0.15, 0.2) is 0 Å². The number of nitrogens with zero attached hydrogens (tertiary/aromatic N) is 1. The highest BCUT2D eigenvalue weighted by Gasteiger charge is 2.43. The van der Waals surface area contributed by atoms with Crippen LogP contribution in [-0.2, 0) is 26.2 Å². The summed E-state index contributed by atoms with van der Waals surface area (Å²) in [5, 5.41) is 5.23. The average molecular weight is 475 g/mol.